The molecule has 2 aromatic rings. The second kappa shape index (κ2) is 7.02. The summed E-state index contributed by atoms with van der Waals surface area (Å²) in [6.45, 7) is 4.74. The molecule has 21 heavy (non-hydrogen) atoms. The summed E-state index contributed by atoms with van der Waals surface area (Å²) in [6.07, 6.45) is 4.12. The van der Waals surface area contributed by atoms with Gasteiger partial charge in [0.25, 0.3) is 0 Å². The van der Waals surface area contributed by atoms with Gasteiger partial charge in [0.1, 0.15) is 23.8 Å². The Morgan fingerprint density at radius 2 is 2.05 bits per heavy atom. The molecule has 1 aromatic heterocycles. The zero-order valence-corrected chi connectivity index (χ0v) is 12.5. The Morgan fingerprint density at radius 3 is 2.76 bits per heavy atom. The van der Waals surface area contributed by atoms with Crippen LogP contribution in [0.1, 0.15) is 30.0 Å². The van der Waals surface area contributed by atoms with Crippen molar-refractivity contribution in [1.82, 2.24) is 9.97 Å². The third-order valence-electron chi connectivity index (χ3n) is 3.47. The second-order valence-electron chi connectivity index (χ2n) is 5.08. The third kappa shape index (κ3) is 3.90. The molecular weight excluding hydrogens is 267 g/mol. The third-order valence-corrected chi connectivity index (χ3v) is 3.47. The van der Waals surface area contributed by atoms with Crippen molar-refractivity contribution in [3.8, 4) is 0 Å². The first-order valence-corrected chi connectivity index (χ1v) is 7.20. The number of rotatable bonds is 6. The molecular formula is C16H21FN4. The molecule has 5 heteroatoms. The zero-order chi connectivity index (χ0) is 15.2. The number of hydrogen-bond acceptors (Lipinski definition) is 4. The largest absolute Gasteiger partial charge is 0.383 e. The molecule has 0 radical (unpaired) electrons. The minimum absolute atomic E-state index is 0.196. The van der Waals surface area contributed by atoms with E-state index in [1.54, 1.807) is 6.07 Å². The molecule has 3 N–H and O–H groups in total. The van der Waals surface area contributed by atoms with Gasteiger partial charge in [-0.15, -0.1) is 0 Å². The molecule has 2 rings (SSSR count). The van der Waals surface area contributed by atoms with Crippen LogP contribution in [0.25, 0.3) is 0 Å². The molecule has 0 bridgehead atoms. The monoisotopic (exact) mass is 288 g/mol. The smallest absolute Gasteiger partial charge is 0.134 e. The number of nitrogens with one attached hydrogen (secondary N) is 1. The van der Waals surface area contributed by atoms with E-state index in [-0.39, 0.29) is 5.82 Å². The summed E-state index contributed by atoms with van der Waals surface area (Å²) >= 11 is 0. The summed E-state index contributed by atoms with van der Waals surface area (Å²) in [5.74, 6) is 1.13. The van der Waals surface area contributed by atoms with Crippen LogP contribution in [0.2, 0.25) is 0 Å². The molecule has 0 aliphatic heterocycles. The normalized spacial score (nSPS) is 10.6. The molecule has 0 atom stereocenters. The lowest BCUT2D eigenvalue weighted by Crippen LogP contribution is -2.11. The summed E-state index contributed by atoms with van der Waals surface area (Å²) in [7, 11) is 0. The Kier molecular flexibility index (Phi) is 5.09. The number of aryl methyl sites for hydroxylation is 1. The van der Waals surface area contributed by atoms with Crippen LogP contribution < -0.4 is 11.1 Å². The van der Waals surface area contributed by atoms with Gasteiger partial charge in [-0.3, -0.25) is 0 Å². The Balaban J connectivity index is 2.02. The van der Waals surface area contributed by atoms with Gasteiger partial charge in [0, 0.05) is 12.1 Å². The van der Waals surface area contributed by atoms with Crippen molar-refractivity contribution in [3.63, 3.8) is 0 Å². The number of benzene rings is 1. The Labute approximate surface area is 124 Å². The highest BCUT2D eigenvalue weighted by Crippen LogP contribution is 2.19. The highest BCUT2D eigenvalue weighted by molar-refractivity contribution is 5.55. The summed E-state index contributed by atoms with van der Waals surface area (Å²) in [6, 6.07) is 4.88. The molecule has 1 aromatic carbocycles. The quantitative estimate of drug-likeness (QED) is 0.857. The van der Waals surface area contributed by atoms with Gasteiger partial charge in [-0.25, -0.2) is 14.4 Å². The van der Waals surface area contributed by atoms with Gasteiger partial charge in [-0.05, 0) is 43.0 Å². The van der Waals surface area contributed by atoms with Crippen LogP contribution in [0.3, 0.4) is 0 Å². The number of hydrogen-bond donors (Lipinski definition) is 2. The van der Waals surface area contributed by atoms with E-state index in [4.69, 9.17) is 5.73 Å². The molecule has 0 saturated heterocycles. The lowest BCUT2D eigenvalue weighted by Gasteiger charge is -2.12. The van der Waals surface area contributed by atoms with Gasteiger partial charge < -0.3 is 11.1 Å². The Bertz CT molecular complexity index is 613. The fraction of sp³-hybridized carbons (Fsp3) is 0.375. The summed E-state index contributed by atoms with van der Waals surface area (Å²) < 4.78 is 13.1. The maximum Gasteiger partial charge on any atom is 0.134 e. The summed E-state index contributed by atoms with van der Waals surface area (Å²) in [4.78, 5) is 8.30. The van der Waals surface area contributed by atoms with E-state index >= 15 is 0 Å². The lowest BCUT2D eigenvalue weighted by atomic mass is 10.1. The van der Waals surface area contributed by atoms with Gasteiger partial charge >= 0.3 is 0 Å². The molecule has 0 unspecified atom stereocenters. The van der Waals surface area contributed by atoms with Crippen LogP contribution in [0.15, 0.2) is 24.5 Å². The lowest BCUT2D eigenvalue weighted by molar-refractivity contribution is 0.625. The molecule has 0 fully saturated rings. The number of nitrogens with two attached hydrogens (primary N) is 1. The van der Waals surface area contributed by atoms with Gasteiger partial charge in [-0.2, -0.15) is 0 Å². The molecule has 112 valence electrons. The number of nitrogen functional groups attached to an aromatic ring is 1. The Hall–Kier alpha value is -2.17. The number of aromatic nitrogens is 2. The van der Waals surface area contributed by atoms with Gasteiger partial charge in [0.05, 0.1) is 0 Å². The van der Waals surface area contributed by atoms with Crippen molar-refractivity contribution >= 4 is 11.6 Å². The maximum atomic E-state index is 13.1. The van der Waals surface area contributed by atoms with E-state index < -0.39 is 0 Å². The van der Waals surface area contributed by atoms with E-state index in [1.807, 2.05) is 13.0 Å². The van der Waals surface area contributed by atoms with E-state index in [0.717, 1.165) is 48.3 Å². The molecule has 4 nitrogen and oxygen atoms in total. The van der Waals surface area contributed by atoms with Crippen LogP contribution >= 0.6 is 0 Å². The van der Waals surface area contributed by atoms with E-state index in [9.17, 15) is 4.39 Å². The molecule has 0 saturated carbocycles. The van der Waals surface area contributed by atoms with E-state index in [0.29, 0.717) is 5.82 Å². The Morgan fingerprint density at radius 1 is 1.24 bits per heavy atom. The average molecular weight is 288 g/mol. The van der Waals surface area contributed by atoms with Crippen LogP contribution in [-0.2, 0) is 12.8 Å². The minimum Gasteiger partial charge on any atom is -0.383 e. The maximum absolute atomic E-state index is 13.1. The molecule has 0 amide bonds. The van der Waals surface area contributed by atoms with Gasteiger partial charge in [-0.1, -0.05) is 19.4 Å². The van der Waals surface area contributed by atoms with Crippen molar-refractivity contribution in [1.29, 1.82) is 0 Å². The van der Waals surface area contributed by atoms with Crippen molar-refractivity contribution in [2.75, 3.05) is 17.6 Å². The highest BCUT2D eigenvalue weighted by Gasteiger charge is 2.08. The number of nitrogens with zero attached hydrogens (tertiary/aromatic N) is 2. The van der Waals surface area contributed by atoms with Gasteiger partial charge in [0.2, 0.25) is 0 Å². The number of halogens is 1. The number of anilines is 2. The summed E-state index contributed by atoms with van der Waals surface area (Å²) in [5, 5.41) is 3.30. The highest BCUT2D eigenvalue weighted by atomic mass is 19.1. The topological polar surface area (TPSA) is 63.8 Å². The van der Waals surface area contributed by atoms with E-state index in [2.05, 4.69) is 22.2 Å². The molecule has 0 spiro atoms. The minimum atomic E-state index is -0.196. The first-order chi connectivity index (χ1) is 10.1. The predicted molar refractivity (Wildman–Crippen MR) is 83.8 cm³/mol. The van der Waals surface area contributed by atoms with Crippen molar-refractivity contribution < 1.29 is 4.39 Å². The van der Waals surface area contributed by atoms with Crippen molar-refractivity contribution in [3.05, 3.63) is 47.0 Å². The predicted octanol–water partition coefficient (Wildman–Crippen LogP) is 3.11. The van der Waals surface area contributed by atoms with Crippen molar-refractivity contribution in [2.24, 2.45) is 0 Å². The van der Waals surface area contributed by atoms with E-state index in [1.165, 1.54) is 12.4 Å². The summed E-state index contributed by atoms with van der Waals surface area (Å²) in [5.41, 5.74) is 8.96. The molecule has 0 aliphatic carbocycles. The van der Waals surface area contributed by atoms with Crippen LogP contribution in [-0.4, -0.2) is 16.5 Å². The molecule has 0 aliphatic rings. The first kappa shape index (κ1) is 15.2. The zero-order valence-electron chi connectivity index (χ0n) is 12.5. The van der Waals surface area contributed by atoms with Crippen LogP contribution in [0.4, 0.5) is 16.0 Å². The first-order valence-electron chi connectivity index (χ1n) is 7.20. The van der Waals surface area contributed by atoms with Crippen LogP contribution in [0, 0.1) is 12.7 Å². The standard InChI is InChI=1S/C16H21FN4/c1-3-4-14-15(18)20-10-21-16(14)19-8-7-12-5-6-13(17)9-11(12)2/h5-6,9-10H,3-4,7-8H2,1-2H3,(H3,18,19,20,21). The fourth-order valence-electron chi connectivity index (χ4n) is 2.33. The molecule has 1 heterocycles. The SMILES string of the molecule is CCCc1c(N)ncnc1NCCc1ccc(F)cc1C. The van der Waals surface area contributed by atoms with Gasteiger partial charge in [0.15, 0.2) is 0 Å². The van der Waals surface area contributed by atoms with Crippen molar-refractivity contribution in [2.45, 2.75) is 33.1 Å². The van der Waals surface area contributed by atoms with Crippen LogP contribution in [0.5, 0.6) is 0 Å². The second-order valence-corrected chi connectivity index (χ2v) is 5.08. The average Bonchev–Trinajstić information content (AvgIpc) is 2.45. The fourth-order valence-corrected chi connectivity index (χ4v) is 2.33.